The van der Waals surface area contributed by atoms with Crippen LogP contribution in [-0.4, -0.2) is 50.1 Å². The average Bonchev–Trinajstić information content (AvgIpc) is 2.84. The number of carbonyl (C=O) groups excluding carboxylic acids is 1. The molecule has 0 aliphatic carbocycles. The molecule has 4 nitrogen and oxygen atoms in total. The van der Waals surface area contributed by atoms with Crippen molar-refractivity contribution in [1.82, 2.24) is 10.2 Å². The van der Waals surface area contributed by atoms with Crippen molar-refractivity contribution in [2.24, 2.45) is 0 Å². The molecule has 4 rings (SSSR count). The largest absolute Gasteiger partial charge is 0.369 e. The van der Waals surface area contributed by atoms with Gasteiger partial charge >= 0.3 is 0 Å². The molecule has 1 N–H and O–H groups in total. The Morgan fingerprint density at radius 3 is 1.81 bits per heavy atom. The number of nitrogens with one attached hydrogen (secondary N) is 1. The number of rotatable bonds is 8. The fraction of sp³-hybridized carbons (Fsp3) is 0.296. The first-order valence-corrected chi connectivity index (χ1v) is 11.2. The molecule has 1 heterocycles. The Morgan fingerprint density at radius 2 is 1.26 bits per heavy atom. The molecule has 0 radical (unpaired) electrons. The Bertz CT molecular complexity index is 883. The molecule has 0 unspecified atom stereocenters. The Hall–Kier alpha value is -3.11. The van der Waals surface area contributed by atoms with Crippen molar-refractivity contribution in [2.45, 2.75) is 12.3 Å². The third-order valence-electron chi connectivity index (χ3n) is 5.97. The standard InChI is InChI=1S/C27H31N3O/c31-27(26(23-11-4-1-5-12-23)24-13-6-2-7-14-24)28-17-10-18-29-19-21-30(22-20-29)25-15-8-3-9-16-25/h1-9,11-16,26H,10,17-22H2,(H,28,31). The number of benzene rings is 3. The molecule has 31 heavy (non-hydrogen) atoms. The van der Waals surface area contributed by atoms with Crippen LogP contribution in [-0.2, 0) is 4.79 Å². The quantitative estimate of drug-likeness (QED) is 0.564. The van der Waals surface area contributed by atoms with Crippen LogP contribution in [0.4, 0.5) is 5.69 Å². The Kier molecular flexibility index (Phi) is 7.35. The summed E-state index contributed by atoms with van der Waals surface area (Å²) in [6.07, 6.45) is 0.966. The SMILES string of the molecule is O=C(NCCCN1CCN(c2ccccc2)CC1)C(c1ccccc1)c1ccccc1. The van der Waals surface area contributed by atoms with Crippen molar-refractivity contribution < 1.29 is 4.79 Å². The average molecular weight is 414 g/mol. The van der Waals surface area contributed by atoms with Gasteiger partial charge in [-0.1, -0.05) is 78.9 Å². The van der Waals surface area contributed by atoms with Gasteiger partial charge in [0.05, 0.1) is 5.92 Å². The van der Waals surface area contributed by atoms with Gasteiger partial charge in [-0.05, 0) is 36.2 Å². The van der Waals surface area contributed by atoms with E-state index in [0.717, 1.165) is 50.3 Å². The maximum absolute atomic E-state index is 13.1. The van der Waals surface area contributed by atoms with Gasteiger partial charge < -0.3 is 10.2 Å². The molecule has 1 saturated heterocycles. The number of piperazine rings is 1. The summed E-state index contributed by atoms with van der Waals surface area (Å²) in [5.41, 5.74) is 3.37. The monoisotopic (exact) mass is 413 g/mol. The molecule has 0 atom stereocenters. The first kappa shape index (κ1) is 21.1. The van der Waals surface area contributed by atoms with E-state index in [9.17, 15) is 4.79 Å². The summed E-state index contributed by atoms with van der Waals surface area (Å²) in [6.45, 7) is 5.97. The van der Waals surface area contributed by atoms with Gasteiger partial charge in [0, 0.05) is 38.4 Å². The molecule has 1 aliphatic heterocycles. The van der Waals surface area contributed by atoms with Crippen molar-refractivity contribution in [3.8, 4) is 0 Å². The van der Waals surface area contributed by atoms with Gasteiger partial charge in [0.2, 0.25) is 5.91 Å². The maximum atomic E-state index is 13.1. The Morgan fingerprint density at radius 1 is 0.742 bits per heavy atom. The second-order valence-electron chi connectivity index (χ2n) is 8.06. The van der Waals surface area contributed by atoms with Crippen LogP contribution < -0.4 is 10.2 Å². The highest BCUT2D eigenvalue weighted by atomic mass is 16.1. The van der Waals surface area contributed by atoms with E-state index in [-0.39, 0.29) is 11.8 Å². The number of amides is 1. The summed E-state index contributed by atoms with van der Waals surface area (Å²) in [7, 11) is 0. The summed E-state index contributed by atoms with van der Waals surface area (Å²) in [5.74, 6) is -0.192. The van der Waals surface area contributed by atoms with Crippen LogP contribution in [0.5, 0.6) is 0 Å². The number of para-hydroxylation sites is 1. The van der Waals surface area contributed by atoms with Crippen LogP contribution in [0.2, 0.25) is 0 Å². The summed E-state index contributed by atoms with van der Waals surface area (Å²) < 4.78 is 0. The highest BCUT2D eigenvalue weighted by Gasteiger charge is 2.22. The fourth-order valence-electron chi connectivity index (χ4n) is 4.27. The van der Waals surface area contributed by atoms with E-state index >= 15 is 0 Å². The first-order valence-electron chi connectivity index (χ1n) is 11.2. The highest BCUT2D eigenvalue weighted by Crippen LogP contribution is 2.24. The van der Waals surface area contributed by atoms with Gasteiger partial charge in [0.25, 0.3) is 0 Å². The molecular formula is C27H31N3O. The molecule has 1 fully saturated rings. The maximum Gasteiger partial charge on any atom is 0.232 e. The number of hydrogen-bond acceptors (Lipinski definition) is 3. The highest BCUT2D eigenvalue weighted by molar-refractivity contribution is 5.87. The van der Waals surface area contributed by atoms with Crippen LogP contribution in [0.1, 0.15) is 23.5 Å². The van der Waals surface area contributed by atoms with Gasteiger partial charge in [-0.3, -0.25) is 9.69 Å². The van der Waals surface area contributed by atoms with Crippen molar-refractivity contribution in [3.63, 3.8) is 0 Å². The van der Waals surface area contributed by atoms with Crippen molar-refractivity contribution >= 4 is 11.6 Å². The minimum Gasteiger partial charge on any atom is -0.369 e. The molecule has 160 valence electrons. The van der Waals surface area contributed by atoms with E-state index in [2.05, 4.69) is 45.4 Å². The predicted molar refractivity (Wildman–Crippen MR) is 127 cm³/mol. The van der Waals surface area contributed by atoms with Crippen LogP contribution in [0.25, 0.3) is 0 Å². The third-order valence-corrected chi connectivity index (χ3v) is 5.97. The normalized spacial score (nSPS) is 14.5. The summed E-state index contributed by atoms with van der Waals surface area (Å²) in [4.78, 5) is 18.0. The zero-order valence-corrected chi connectivity index (χ0v) is 18.0. The van der Waals surface area contributed by atoms with Crippen LogP contribution in [0.15, 0.2) is 91.0 Å². The molecule has 0 aromatic heterocycles. The minimum absolute atomic E-state index is 0.0753. The van der Waals surface area contributed by atoms with E-state index in [1.165, 1.54) is 5.69 Å². The van der Waals surface area contributed by atoms with Gasteiger partial charge in [-0.2, -0.15) is 0 Å². The second-order valence-corrected chi connectivity index (χ2v) is 8.06. The van der Waals surface area contributed by atoms with Crippen molar-refractivity contribution in [2.75, 3.05) is 44.2 Å². The Balaban J connectivity index is 1.25. The second kappa shape index (κ2) is 10.8. The van der Waals surface area contributed by atoms with Crippen molar-refractivity contribution in [3.05, 3.63) is 102 Å². The summed E-state index contributed by atoms with van der Waals surface area (Å²) in [5, 5.41) is 3.18. The van der Waals surface area contributed by atoms with E-state index in [0.29, 0.717) is 6.54 Å². The number of hydrogen-bond donors (Lipinski definition) is 1. The zero-order chi connectivity index (χ0) is 21.3. The predicted octanol–water partition coefficient (Wildman–Crippen LogP) is 4.15. The van der Waals surface area contributed by atoms with Crippen molar-refractivity contribution in [1.29, 1.82) is 0 Å². The van der Waals surface area contributed by atoms with Gasteiger partial charge in [-0.15, -0.1) is 0 Å². The summed E-state index contributed by atoms with van der Waals surface area (Å²) in [6, 6.07) is 30.7. The zero-order valence-electron chi connectivity index (χ0n) is 18.0. The molecule has 3 aromatic rings. The topological polar surface area (TPSA) is 35.6 Å². The van der Waals surface area contributed by atoms with E-state index in [4.69, 9.17) is 0 Å². The molecule has 4 heteroatoms. The van der Waals surface area contributed by atoms with Crippen LogP contribution in [0.3, 0.4) is 0 Å². The lowest BCUT2D eigenvalue weighted by molar-refractivity contribution is -0.121. The lowest BCUT2D eigenvalue weighted by Crippen LogP contribution is -2.47. The van der Waals surface area contributed by atoms with Gasteiger partial charge in [-0.25, -0.2) is 0 Å². The van der Waals surface area contributed by atoms with E-state index in [1.54, 1.807) is 0 Å². The molecule has 3 aromatic carbocycles. The summed E-state index contributed by atoms with van der Waals surface area (Å²) >= 11 is 0. The molecule has 1 aliphatic rings. The lowest BCUT2D eigenvalue weighted by atomic mass is 9.90. The number of anilines is 1. The van der Waals surface area contributed by atoms with Gasteiger partial charge in [0.1, 0.15) is 0 Å². The fourth-order valence-corrected chi connectivity index (χ4v) is 4.27. The first-order chi connectivity index (χ1) is 15.3. The molecular weight excluding hydrogens is 382 g/mol. The number of nitrogens with zero attached hydrogens (tertiary/aromatic N) is 2. The third kappa shape index (κ3) is 5.74. The van der Waals surface area contributed by atoms with Crippen LogP contribution in [0, 0.1) is 0 Å². The van der Waals surface area contributed by atoms with E-state index < -0.39 is 0 Å². The number of carbonyl (C=O) groups is 1. The molecule has 0 spiro atoms. The molecule has 0 bridgehead atoms. The molecule has 1 amide bonds. The Labute approximate surface area is 185 Å². The molecule has 0 saturated carbocycles. The smallest absolute Gasteiger partial charge is 0.232 e. The van der Waals surface area contributed by atoms with Gasteiger partial charge in [0.15, 0.2) is 0 Å². The minimum atomic E-state index is -0.267. The van der Waals surface area contributed by atoms with E-state index in [1.807, 2.05) is 60.7 Å². The van der Waals surface area contributed by atoms with Crippen LogP contribution >= 0.6 is 0 Å². The lowest BCUT2D eigenvalue weighted by Gasteiger charge is -2.36.